The Labute approximate surface area is 187 Å². The van der Waals surface area contributed by atoms with Crippen molar-refractivity contribution in [2.75, 3.05) is 4.90 Å². The maximum atomic E-state index is 13.6. The Morgan fingerprint density at radius 2 is 1.79 bits per heavy atom. The second-order valence-corrected chi connectivity index (χ2v) is 9.53. The van der Waals surface area contributed by atoms with Crippen LogP contribution in [0.3, 0.4) is 0 Å². The summed E-state index contributed by atoms with van der Waals surface area (Å²) in [5, 5.41) is 0.778. The van der Waals surface area contributed by atoms with E-state index in [2.05, 4.69) is 20.9 Å². The Bertz CT molecular complexity index is 1130. The molecule has 2 aromatic carbocycles. The quantitative estimate of drug-likeness (QED) is 0.487. The van der Waals surface area contributed by atoms with Crippen molar-refractivity contribution < 1.29 is 13.6 Å². The highest BCUT2D eigenvalue weighted by atomic mass is 79.9. The van der Waals surface area contributed by atoms with E-state index in [1.54, 1.807) is 25.1 Å². The molecule has 1 unspecified atom stereocenters. The standard InChI is InChI=1S/C19H14BrCl2N3O3S/c1-19(9-11-2-4-12(20)5-3-11)17(26)24(15-7-13(21)6-14(22)8-15)18-23-10-16(25(18)19)29(27)28/h2-8,10H,9H2,1H3,(H,27,28)/t19-/m1/s1. The number of hydrogen-bond acceptors (Lipinski definition) is 3. The van der Waals surface area contributed by atoms with E-state index in [9.17, 15) is 13.6 Å². The van der Waals surface area contributed by atoms with Crippen molar-refractivity contribution in [2.45, 2.75) is 23.9 Å². The summed E-state index contributed by atoms with van der Waals surface area (Å²) in [7, 11) is 0. The van der Waals surface area contributed by atoms with Crippen molar-refractivity contribution in [1.82, 2.24) is 9.55 Å². The van der Waals surface area contributed by atoms with Gasteiger partial charge >= 0.3 is 0 Å². The molecule has 0 saturated carbocycles. The van der Waals surface area contributed by atoms with Crippen molar-refractivity contribution >= 4 is 67.8 Å². The molecule has 0 bridgehead atoms. The SMILES string of the molecule is C[C@@]1(Cc2ccc(Br)cc2)C(=O)N(c2cc(Cl)cc(Cl)c2)c2ncc(S(=O)O)n21. The lowest BCUT2D eigenvalue weighted by Gasteiger charge is -2.26. The van der Waals surface area contributed by atoms with Gasteiger partial charge in [-0.3, -0.25) is 9.36 Å². The minimum absolute atomic E-state index is 0.0450. The molecule has 29 heavy (non-hydrogen) atoms. The first kappa shape index (κ1) is 20.6. The van der Waals surface area contributed by atoms with E-state index in [1.807, 2.05) is 24.3 Å². The summed E-state index contributed by atoms with van der Waals surface area (Å²) in [6, 6.07) is 12.3. The van der Waals surface area contributed by atoms with E-state index in [0.717, 1.165) is 10.0 Å². The minimum atomic E-state index is -2.32. The number of carbonyl (C=O) groups excluding carboxylic acids is 1. The maximum absolute atomic E-state index is 13.6. The van der Waals surface area contributed by atoms with Gasteiger partial charge in [-0.2, -0.15) is 0 Å². The molecule has 0 aliphatic carbocycles. The largest absolute Gasteiger partial charge is 0.301 e. The van der Waals surface area contributed by atoms with Crippen LogP contribution >= 0.6 is 39.1 Å². The molecule has 0 radical (unpaired) electrons. The van der Waals surface area contributed by atoms with E-state index in [1.165, 1.54) is 15.7 Å². The third kappa shape index (κ3) is 3.53. The monoisotopic (exact) mass is 513 g/mol. The molecule has 1 N–H and O–H groups in total. The third-order valence-corrected chi connectivity index (χ3v) is 6.43. The Kier molecular flexibility index (Phi) is 5.33. The Morgan fingerprint density at radius 1 is 1.17 bits per heavy atom. The van der Waals surface area contributed by atoms with Gasteiger partial charge in [0.1, 0.15) is 5.54 Å². The maximum Gasteiger partial charge on any atom is 0.260 e. The summed E-state index contributed by atoms with van der Waals surface area (Å²) < 4.78 is 24.1. The zero-order valence-corrected chi connectivity index (χ0v) is 18.9. The van der Waals surface area contributed by atoms with E-state index < -0.39 is 16.6 Å². The van der Waals surface area contributed by atoms with Gasteiger partial charge in [0.2, 0.25) is 17.0 Å². The van der Waals surface area contributed by atoms with Gasteiger partial charge in [-0.25, -0.2) is 14.1 Å². The van der Waals surface area contributed by atoms with Gasteiger partial charge in [-0.05, 0) is 42.8 Å². The molecule has 3 aromatic rings. The van der Waals surface area contributed by atoms with E-state index in [-0.39, 0.29) is 16.9 Å². The zero-order valence-electron chi connectivity index (χ0n) is 15.0. The first-order valence-electron chi connectivity index (χ1n) is 8.45. The molecule has 1 aromatic heterocycles. The number of carbonyl (C=O) groups is 1. The van der Waals surface area contributed by atoms with Crippen LogP contribution in [0.15, 0.2) is 58.2 Å². The van der Waals surface area contributed by atoms with E-state index in [4.69, 9.17) is 23.2 Å². The summed E-state index contributed by atoms with van der Waals surface area (Å²) >= 11 is 13.3. The van der Waals surface area contributed by atoms with Gasteiger partial charge < -0.3 is 4.55 Å². The fraction of sp³-hybridized carbons (Fsp3) is 0.158. The number of rotatable bonds is 4. The van der Waals surface area contributed by atoms with Crippen LogP contribution in [0.4, 0.5) is 11.6 Å². The number of fused-ring (bicyclic) bond motifs is 1. The van der Waals surface area contributed by atoms with Gasteiger partial charge in [0, 0.05) is 20.9 Å². The topological polar surface area (TPSA) is 75.4 Å². The van der Waals surface area contributed by atoms with Crippen molar-refractivity contribution in [3.05, 3.63) is 68.7 Å². The number of imidazole rings is 1. The van der Waals surface area contributed by atoms with Gasteiger partial charge in [-0.15, -0.1) is 0 Å². The fourth-order valence-corrected chi connectivity index (χ4v) is 4.92. The van der Waals surface area contributed by atoms with Crippen LogP contribution < -0.4 is 4.90 Å². The van der Waals surface area contributed by atoms with Gasteiger partial charge in [0.25, 0.3) is 5.91 Å². The lowest BCUT2D eigenvalue weighted by molar-refractivity contribution is -0.124. The van der Waals surface area contributed by atoms with Crippen LogP contribution in [-0.4, -0.2) is 24.2 Å². The van der Waals surface area contributed by atoms with Crippen molar-refractivity contribution in [3.8, 4) is 0 Å². The molecular weight excluding hydrogens is 501 g/mol. The molecule has 6 nitrogen and oxygen atoms in total. The van der Waals surface area contributed by atoms with E-state index in [0.29, 0.717) is 22.2 Å². The van der Waals surface area contributed by atoms with Gasteiger partial charge in [-0.1, -0.05) is 51.3 Å². The lowest BCUT2D eigenvalue weighted by atomic mass is 9.92. The van der Waals surface area contributed by atoms with Crippen molar-refractivity contribution in [1.29, 1.82) is 0 Å². The molecule has 0 fully saturated rings. The number of halogens is 3. The van der Waals surface area contributed by atoms with Crippen LogP contribution in [0.5, 0.6) is 0 Å². The van der Waals surface area contributed by atoms with E-state index >= 15 is 0 Å². The molecule has 1 aliphatic heterocycles. The molecule has 1 amide bonds. The Balaban J connectivity index is 1.89. The third-order valence-electron chi connectivity index (χ3n) is 4.81. The lowest BCUT2D eigenvalue weighted by Crippen LogP contribution is -2.41. The molecule has 0 saturated heterocycles. The molecule has 0 spiro atoms. The average Bonchev–Trinajstić information content (AvgIpc) is 3.16. The Hall–Kier alpha value is -1.71. The number of hydrogen-bond donors (Lipinski definition) is 1. The molecule has 1 aliphatic rings. The highest BCUT2D eigenvalue weighted by Crippen LogP contribution is 2.44. The van der Waals surface area contributed by atoms with Crippen LogP contribution in [0.25, 0.3) is 0 Å². The van der Waals surface area contributed by atoms with Crippen molar-refractivity contribution in [2.24, 2.45) is 0 Å². The number of aromatic nitrogens is 2. The second kappa shape index (κ2) is 7.52. The Morgan fingerprint density at radius 3 is 2.38 bits per heavy atom. The smallest absolute Gasteiger partial charge is 0.260 e. The number of benzene rings is 2. The fourth-order valence-electron chi connectivity index (χ4n) is 3.55. The number of amides is 1. The predicted octanol–water partition coefficient (Wildman–Crippen LogP) is 5.17. The van der Waals surface area contributed by atoms with Gasteiger partial charge in [0.05, 0.1) is 11.9 Å². The number of nitrogens with zero attached hydrogens (tertiary/aromatic N) is 3. The predicted molar refractivity (Wildman–Crippen MR) is 116 cm³/mol. The highest BCUT2D eigenvalue weighted by molar-refractivity contribution is 9.10. The minimum Gasteiger partial charge on any atom is -0.301 e. The molecule has 2 heterocycles. The first-order valence-corrected chi connectivity index (χ1v) is 11.1. The summed E-state index contributed by atoms with van der Waals surface area (Å²) in [6.45, 7) is 1.73. The normalized spacial score (nSPS) is 19.5. The van der Waals surface area contributed by atoms with Crippen LogP contribution in [0, 0.1) is 0 Å². The summed E-state index contributed by atoms with van der Waals surface area (Å²) in [5.41, 5.74) is 0.167. The van der Waals surface area contributed by atoms with Crippen LogP contribution in [0.2, 0.25) is 10.0 Å². The molecule has 4 rings (SSSR count). The summed E-state index contributed by atoms with van der Waals surface area (Å²) in [4.78, 5) is 19.2. The molecule has 150 valence electrons. The number of anilines is 2. The first-order chi connectivity index (χ1) is 13.7. The molecular formula is C19H14BrCl2N3O3S. The average molecular weight is 515 g/mol. The molecule has 10 heteroatoms. The summed E-state index contributed by atoms with van der Waals surface area (Å²) in [5.74, 6) is -0.0566. The van der Waals surface area contributed by atoms with Crippen LogP contribution in [0.1, 0.15) is 12.5 Å². The van der Waals surface area contributed by atoms with Gasteiger partial charge in [0.15, 0.2) is 5.03 Å². The van der Waals surface area contributed by atoms with Crippen LogP contribution in [-0.2, 0) is 27.8 Å². The highest BCUT2D eigenvalue weighted by Gasteiger charge is 2.50. The molecule has 2 atom stereocenters. The second-order valence-electron chi connectivity index (χ2n) is 6.83. The zero-order chi connectivity index (χ0) is 20.9. The van der Waals surface area contributed by atoms with Crippen molar-refractivity contribution in [3.63, 3.8) is 0 Å². The summed E-state index contributed by atoms with van der Waals surface area (Å²) in [6.07, 6.45) is 1.61.